The Balaban J connectivity index is 1.44. The van der Waals surface area contributed by atoms with Gasteiger partial charge in [0.25, 0.3) is 5.91 Å². The number of nitrogens with zero attached hydrogens (tertiary/aromatic N) is 5. The molecule has 4 heterocycles. The second-order valence-electron chi connectivity index (χ2n) is 6.48. The van der Waals surface area contributed by atoms with Crippen molar-refractivity contribution < 1.29 is 9.32 Å². The summed E-state index contributed by atoms with van der Waals surface area (Å²) >= 11 is 0. The Morgan fingerprint density at radius 1 is 1.18 bits per heavy atom. The highest BCUT2D eigenvalue weighted by molar-refractivity contribution is 5.96. The Morgan fingerprint density at radius 3 is 2.93 bits per heavy atom. The number of rotatable bonds is 7. The molecular formula is C20H20N6O2. The van der Waals surface area contributed by atoms with Crippen molar-refractivity contribution >= 4 is 17.1 Å². The highest BCUT2D eigenvalue weighted by Crippen LogP contribution is 2.14. The normalized spacial score (nSPS) is 11.0. The van der Waals surface area contributed by atoms with Crippen LogP contribution in [0.2, 0.25) is 0 Å². The second kappa shape index (κ2) is 7.99. The van der Waals surface area contributed by atoms with Gasteiger partial charge >= 0.3 is 0 Å². The zero-order valence-corrected chi connectivity index (χ0v) is 15.5. The number of nitrogens with one attached hydrogen (secondary N) is 1. The van der Waals surface area contributed by atoms with Gasteiger partial charge in [-0.15, -0.1) is 0 Å². The lowest BCUT2D eigenvalue weighted by molar-refractivity contribution is 0.0947. The summed E-state index contributed by atoms with van der Waals surface area (Å²) in [6, 6.07) is 9.36. The van der Waals surface area contributed by atoms with Crippen molar-refractivity contribution in [2.24, 2.45) is 0 Å². The van der Waals surface area contributed by atoms with Gasteiger partial charge in [0.15, 0.2) is 11.4 Å². The lowest BCUT2D eigenvalue weighted by atomic mass is 10.2. The average Bonchev–Trinajstić information content (AvgIpc) is 3.34. The maximum atomic E-state index is 12.4. The zero-order chi connectivity index (χ0) is 19.3. The van der Waals surface area contributed by atoms with Gasteiger partial charge in [0.1, 0.15) is 5.52 Å². The van der Waals surface area contributed by atoms with Gasteiger partial charge in [0.05, 0.1) is 36.4 Å². The number of pyridine rings is 2. The molecule has 0 saturated heterocycles. The van der Waals surface area contributed by atoms with E-state index >= 15 is 0 Å². The molecule has 8 nitrogen and oxygen atoms in total. The average molecular weight is 376 g/mol. The predicted molar refractivity (Wildman–Crippen MR) is 103 cm³/mol. The Hall–Kier alpha value is -3.55. The van der Waals surface area contributed by atoms with Crippen LogP contribution in [0.5, 0.6) is 0 Å². The molecule has 0 atom stereocenters. The van der Waals surface area contributed by atoms with E-state index < -0.39 is 0 Å². The molecule has 0 aromatic carbocycles. The number of carbonyl (C=O) groups is 1. The van der Waals surface area contributed by atoms with E-state index in [9.17, 15) is 4.79 Å². The van der Waals surface area contributed by atoms with E-state index in [4.69, 9.17) is 4.52 Å². The first-order valence-electron chi connectivity index (χ1n) is 9.16. The van der Waals surface area contributed by atoms with E-state index in [1.165, 1.54) is 0 Å². The van der Waals surface area contributed by atoms with Crippen molar-refractivity contribution in [3.63, 3.8) is 0 Å². The van der Waals surface area contributed by atoms with Crippen LogP contribution in [-0.4, -0.2) is 30.6 Å². The van der Waals surface area contributed by atoms with Crippen LogP contribution >= 0.6 is 0 Å². The van der Waals surface area contributed by atoms with Gasteiger partial charge in [-0.3, -0.25) is 9.78 Å². The molecule has 4 rings (SSSR count). The van der Waals surface area contributed by atoms with Crippen molar-refractivity contribution in [2.75, 3.05) is 0 Å². The third kappa shape index (κ3) is 3.90. The van der Waals surface area contributed by atoms with Crippen LogP contribution in [0.15, 0.2) is 53.6 Å². The zero-order valence-electron chi connectivity index (χ0n) is 15.5. The Labute approximate surface area is 161 Å². The summed E-state index contributed by atoms with van der Waals surface area (Å²) in [5.74, 6) is 0.396. The summed E-state index contributed by atoms with van der Waals surface area (Å²) in [5, 5.41) is 6.80. The van der Waals surface area contributed by atoms with Crippen molar-refractivity contribution in [2.45, 2.75) is 32.9 Å². The minimum atomic E-state index is -0.234. The lowest BCUT2D eigenvalue weighted by Gasteiger charge is -2.04. The Bertz CT molecular complexity index is 1090. The SMILES string of the molecule is CCCc1cc(CNC(=O)c2cnc3c(c2)ncn3Cc2ccccn2)on1. The number of hydrogen-bond donors (Lipinski definition) is 1. The molecule has 4 aromatic heterocycles. The molecule has 1 amide bonds. The summed E-state index contributed by atoms with van der Waals surface area (Å²) in [5.41, 5.74) is 3.63. The van der Waals surface area contributed by atoms with Crippen LogP contribution in [0, 0.1) is 0 Å². The van der Waals surface area contributed by atoms with Gasteiger partial charge in [-0.1, -0.05) is 24.6 Å². The molecule has 28 heavy (non-hydrogen) atoms. The summed E-state index contributed by atoms with van der Waals surface area (Å²) in [4.78, 5) is 25.5. The molecule has 8 heteroatoms. The fourth-order valence-electron chi connectivity index (χ4n) is 2.94. The topological polar surface area (TPSA) is 98.7 Å². The van der Waals surface area contributed by atoms with Crippen LogP contribution in [-0.2, 0) is 19.5 Å². The van der Waals surface area contributed by atoms with E-state index in [2.05, 4.69) is 32.3 Å². The summed E-state index contributed by atoms with van der Waals surface area (Å²) in [6.45, 7) is 2.93. The van der Waals surface area contributed by atoms with Crippen molar-refractivity contribution in [3.8, 4) is 0 Å². The summed E-state index contributed by atoms with van der Waals surface area (Å²) in [7, 11) is 0. The molecule has 0 bridgehead atoms. The monoisotopic (exact) mass is 376 g/mol. The fraction of sp³-hybridized carbons (Fsp3) is 0.250. The number of fused-ring (bicyclic) bond motifs is 1. The molecule has 0 spiro atoms. The van der Waals surface area contributed by atoms with Gasteiger partial charge in [-0.25, -0.2) is 9.97 Å². The molecular weight excluding hydrogens is 356 g/mol. The molecule has 0 fully saturated rings. The van der Waals surface area contributed by atoms with Crippen LogP contribution in [0.25, 0.3) is 11.2 Å². The standard InChI is InChI=1S/C20H20N6O2/c1-2-5-15-9-17(28-25-15)11-23-20(27)14-8-18-19(22-10-14)26(13-24-18)12-16-6-3-4-7-21-16/h3-4,6-10,13H,2,5,11-12H2,1H3,(H,23,27). The summed E-state index contributed by atoms with van der Waals surface area (Å²) < 4.78 is 7.14. The van der Waals surface area contributed by atoms with Gasteiger partial charge in [0, 0.05) is 18.5 Å². The van der Waals surface area contributed by atoms with Gasteiger partial charge in [0.2, 0.25) is 0 Å². The molecule has 0 aliphatic carbocycles. The largest absolute Gasteiger partial charge is 0.359 e. The first-order valence-corrected chi connectivity index (χ1v) is 9.16. The van der Waals surface area contributed by atoms with Crippen LogP contribution in [0.1, 0.15) is 40.9 Å². The number of amides is 1. The van der Waals surface area contributed by atoms with Gasteiger partial charge in [-0.05, 0) is 24.6 Å². The molecule has 0 saturated carbocycles. The molecule has 0 aliphatic heterocycles. The maximum absolute atomic E-state index is 12.4. The Kier molecular flexibility index (Phi) is 5.09. The smallest absolute Gasteiger partial charge is 0.253 e. The van der Waals surface area contributed by atoms with E-state index in [1.54, 1.807) is 24.8 Å². The lowest BCUT2D eigenvalue weighted by Crippen LogP contribution is -2.22. The highest BCUT2D eigenvalue weighted by Gasteiger charge is 2.12. The minimum absolute atomic E-state index is 0.234. The first kappa shape index (κ1) is 17.8. The van der Waals surface area contributed by atoms with Gasteiger partial charge < -0.3 is 14.4 Å². The van der Waals surface area contributed by atoms with E-state index in [0.717, 1.165) is 24.2 Å². The molecule has 142 valence electrons. The highest BCUT2D eigenvalue weighted by atomic mass is 16.5. The van der Waals surface area contributed by atoms with Gasteiger partial charge in [-0.2, -0.15) is 0 Å². The van der Waals surface area contributed by atoms with Crippen molar-refractivity contribution in [3.05, 3.63) is 71.8 Å². The first-order chi connectivity index (χ1) is 13.7. The number of aromatic nitrogens is 5. The van der Waals surface area contributed by atoms with E-state index in [1.807, 2.05) is 28.8 Å². The second-order valence-corrected chi connectivity index (χ2v) is 6.48. The molecule has 0 radical (unpaired) electrons. The molecule has 0 unspecified atom stereocenters. The molecule has 0 aliphatic rings. The third-order valence-electron chi connectivity index (χ3n) is 4.31. The number of imidazole rings is 1. The number of hydrogen-bond acceptors (Lipinski definition) is 6. The minimum Gasteiger partial charge on any atom is -0.359 e. The molecule has 1 N–H and O–H groups in total. The maximum Gasteiger partial charge on any atom is 0.253 e. The fourth-order valence-corrected chi connectivity index (χ4v) is 2.94. The van der Waals surface area contributed by atoms with Crippen molar-refractivity contribution in [1.29, 1.82) is 0 Å². The van der Waals surface area contributed by atoms with Crippen LogP contribution in [0.3, 0.4) is 0 Å². The quantitative estimate of drug-likeness (QED) is 0.532. The van der Waals surface area contributed by atoms with Crippen LogP contribution < -0.4 is 5.32 Å². The Morgan fingerprint density at radius 2 is 2.11 bits per heavy atom. The summed E-state index contributed by atoms with van der Waals surface area (Å²) in [6.07, 6.45) is 6.87. The third-order valence-corrected chi connectivity index (χ3v) is 4.31. The predicted octanol–water partition coefficient (Wildman–Crippen LogP) is 2.75. The number of carbonyl (C=O) groups excluding carboxylic acids is 1. The number of aryl methyl sites for hydroxylation is 1. The van der Waals surface area contributed by atoms with E-state index in [-0.39, 0.29) is 12.5 Å². The van der Waals surface area contributed by atoms with Crippen LogP contribution in [0.4, 0.5) is 0 Å². The molecule has 4 aromatic rings. The van der Waals surface area contributed by atoms with E-state index in [0.29, 0.717) is 29.0 Å². The van der Waals surface area contributed by atoms with Crippen molar-refractivity contribution in [1.82, 2.24) is 30.0 Å².